The lowest BCUT2D eigenvalue weighted by atomic mass is 10.1. The average Bonchev–Trinajstić information content (AvgIpc) is 2.84. The highest BCUT2D eigenvalue weighted by molar-refractivity contribution is 14.0. The molecule has 0 radical (unpaired) electrons. The first-order valence-corrected chi connectivity index (χ1v) is 8.18. The molecular weight excluding hydrogens is 429 g/mol. The summed E-state index contributed by atoms with van der Waals surface area (Å²) in [5, 5.41) is 6.63. The molecule has 2 aromatic carbocycles. The quantitative estimate of drug-likeness (QED) is 0.420. The lowest BCUT2D eigenvalue weighted by molar-refractivity contribution is 0.297. The molecule has 0 bridgehead atoms. The molecule has 0 unspecified atom stereocenters. The summed E-state index contributed by atoms with van der Waals surface area (Å²) in [5.41, 5.74) is 3.42. The van der Waals surface area contributed by atoms with Crippen molar-refractivity contribution in [1.82, 2.24) is 5.32 Å². The molecule has 0 atom stereocenters. The van der Waals surface area contributed by atoms with Gasteiger partial charge >= 0.3 is 0 Å². The molecule has 1 heterocycles. The van der Waals surface area contributed by atoms with Crippen LogP contribution in [0.3, 0.4) is 0 Å². The molecule has 0 saturated heterocycles. The first-order chi connectivity index (χ1) is 11.8. The molecule has 0 fully saturated rings. The highest BCUT2D eigenvalue weighted by atomic mass is 127. The fourth-order valence-electron chi connectivity index (χ4n) is 2.54. The van der Waals surface area contributed by atoms with Crippen molar-refractivity contribution in [3.63, 3.8) is 0 Å². The maximum absolute atomic E-state index is 5.72. The predicted molar refractivity (Wildman–Crippen MR) is 112 cm³/mol. The maximum atomic E-state index is 5.72. The second-order valence-electron chi connectivity index (χ2n) is 5.69. The molecule has 0 amide bonds. The van der Waals surface area contributed by atoms with Crippen LogP contribution in [0.2, 0.25) is 0 Å². The zero-order valence-electron chi connectivity index (χ0n) is 14.5. The molecule has 134 valence electrons. The van der Waals surface area contributed by atoms with E-state index in [0.717, 1.165) is 30.2 Å². The zero-order valence-corrected chi connectivity index (χ0v) is 16.9. The Balaban J connectivity index is 0.00000225. The largest absolute Gasteiger partial charge is 0.490 e. The molecule has 0 aromatic heterocycles. The number of nitrogens with one attached hydrogen (secondary N) is 2. The van der Waals surface area contributed by atoms with Gasteiger partial charge in [-0.1, -0.05) is 24.3 Å². The highest BCUT2D eigenvalue weighted by Crippen LogP contribution is 2.32. The van der Waals surface area contributed by atoms with Crippen molar-refractivity contribution < 1.29 is 9.47 Å². The maximum Gasteiger partial charge on any atom is 0.195 e. The molecule has 0 aliphatic carbocycles. The van der Waals surface area contributed by atoms with E-state index in [0.29, 0.717) is 19.2 Å². The number of guanidine groups is 1. The minimum atomic E-state index is 0. The van der Waals surface area contributed by atoms with Crippen molar-refractivity contribution >= 4 is 35.6 Å². The van der Waals surface area contributed by atoms with Crippen LogP contribution in [0, 0.1) is 6.92 Å². The molecular formula is C19H24IN3O2. The van der Waals surface area contributed by atoms with E-state index in [-0.39, 0.29) is 24.0 Å². The third-order valence-corrected chi connectivity index (χ3v) is 3.94. The van der Waals surface area contributed by atoms with Crippen LogP contribution in [-0.2, 0) is 6.54 Å². The van der Waals surface area contributed by atoms with Crippen LogP contribution in [0.4, 0.5) is 5.69 Å². The summed E-state index contributed by atoms with van der Waals surface area (Å²) in [6.45, 7) is 4.20. The summed E-state index contributed by atoms with van der Waals surface area (Å²) in [4.78, 5) is 4.28. The van der Waals surface area contributed by atoms with E-state index in [4.69, 9.17) is 9.47 Å². The van der Waals surface area contributed by atoms with Crippen molar-refractivity contribution in [2.24, 2.45) is 4.99 Å². The molecule has 0 saturated carbocycles. The van der Waals surface area contributed by atoms with Crippen LogP contribution in [0.1, 0.15) is 17.5 Å². The number of rotatable bonds is 3. The van der Waals surface area contributed by atoms with Gasteiger partial charge in [-0.15, -0.1) is 24.0 Å². The van der Waals surface area contributed by atoms with Crippen LogP contribution in [0.25, 0.3) is 0 Å². The lowest BCUT2D eigenvalue weighted by Crippen LogP contribution is -2.30. The van der Waals surface area contributed by atoms with E-state index in [9.17, 15) is 0 Å². The number of aliphatic imine (C=N–C) groups is 1. The Kier molecular flexibility index (Phi) is 7.36. The second kappa shape index (κ2) is 9.50. The van der Waals surface area contributed by atoms with Gasteiger partial charge in [-0.3, -0.25) is 4.99 Å². The Morgan fingerprint density at radius 3 is 2.60 bits per heavy atom. The van der Waals surface area contributed by atoms with E-state index in [1.807, 2.05) is 30.3 Å². The predicted octanol–water partition coefficient (Wildman–Crippen LogP) is 3.96. The van der Waals surface area contributed by atoms with E-state index < -0.39 is 0 Å². The van der Waals surface area contributed by atoms with Crippen molar-refractivity contribution in [2.75, 3.05) is 25.6 Å². The fourth-order valence-corrected chi connectivity index (χ4v) is 2.54. The van der Waals surface area contributed by atoms with E-state index in [1.54, 1.807) is 7.05 Å². The SMILES string of the molecule is CN=C(NCc1ccccc1C)Nc1ccc2c(c1)OCCCO2.I. The molecule has 1 aliphatic rings. The number of fused-ring (bicyclic) bond motifs is 1. The van der Waals surface area contributed by atoms with Crippen LogP contribution in [0.5, 0.6) is 11.5 Å². The van der Waals surface area contributed by atoms with Crippen molar-refractivity contribution in [2.45, 2.75) is 19.9 Å². The molecule has 25 heavy (non-hydrogen) atoms. The number of halogens is 1. The summed E-state index contributed by atoms with van der Waals surface area (Å²) in [6.07, 6.45) is 0.900. The first kappa shape index (κ1) is 19.4. The molecule has 1 aliphatic heterocycles. The summed E-state index contributed by atoms with van der Waals surface area (Å²) < 4.78 is 11.4. The Bertz CT molecular complexity index is 734. The number of hydrogen-bond donors (Lipinski definition) is 2. The summed E-state index contributed by atoms with van der Waals surface area (Å²) in [5.74, 6) is 2.28. The number of aryl methyl sites for hydroxylation is 1. The van der Waals surface area contributed by atoms with E-state index in [1.165, 1.54) is 11.1 Å². The van der Waals surface area contributed by atoms with Gasteiger partial charge in [0.1, 0.15) is 0 Å². The Morgan fingerprint density at radius 2 is 1.84 bits per heavy atom. The van der Waals surface area contributed by atoms with Crippen molar-refractivity contribution in [3.05, 3.63) is 53.6 Å². The molecule has 3 rings (SSSR count). The minimum absolute atomic E-state index is 0. The van der Waals surface area contributed by atoms with Crippen LogP contribution in [-0.4, -0.2) is 26.2 Å². The van der Waals surface area contributed by atoms with Crippen molar-refractivity contribution in [1.29, 1.82) is 0 Å². The van der Waals surface area contributed by atoms with Gasteiger partial charge in [0.05, 0.1) is 13.2 Å². The number of benzene rings is 2. The van der Waals surface area contributed by atoms with Crippen molar-refractivity contribution in [3.8, 4) is 11.5 Å². The number of ether oxygens (including phenoxy) is 2. The smallest absolute Gasteiger partial charge is 0.195 e. The van der Waals surface area contributed by atoms with Crippen LogP contribution < -0.4 is 20.1 Å². The fraction of sp³-hybridized carbons (Fsp3) is 0.316. The normalized spacial score (nSPS) is 13.4. The molecule has 0 spiro atoms. The van der Waals surface area contributed by atoms with Gasteiger partial charge in [-0.05, 0) is 30.2 Å². The summed E-state index contributed by atoms with van der Waals surface area (Å²) >= 11 is 0. The van der Waals surface area contributed by atoms with Gasteiger partial charge in [0.15, 0.2) is 17.5 Å². The van der Waals surface area contributed by atoms with Gasteiger partial charge in [0.2, 0.25) is 0 Å². The Labute approximate surface area is 165 Å². The monoisotopic (exact) mass is 453 g/mol. The first-order valence-electron chi connectivity index (χ1n) is 8.18. The Hall–Kier alpha value is -1.96. The van der Waals surface area contributed by atoms with E-state index >= 15 is 0 Å². The van der Waals surface area contributed by atoms with Gasteiger partial charge < -0.3 is 20.1 Å². The molecule has 5 nitrogen and oxygen atoms in total. The molecule has 2 aromatic rings. The van der Waals surface area contributed by atoms with Gasteiger partial charge in [-0.2, -0.15) is 0 Å². The third-order valence-electron chi connectivity index (χ3n) is 3.94. The number of hydrogen-bond acceptors (Lipinski definition) is 3. The van der Waals surface area contributed by atoms with Crippen LogP contribution in [0.15, 0.2) is 47.5 Å². The minimum Gasteiger partial charge on any atom is -0.490 e. The van der Waals surface area contributed by atoms with Gasteiger partial charge in [0.25, 0.3) is 0 Å². The molecule has 6 heteroatoms. The topological polar surface area (TPSA) is 54.9 Å². The average molecular weight is 453 g/mol. The molecule has 2 N–H and O–H groups in total. The van der Waals surface area contributed by atoms with E-state index in [2.05, 4.69) is 34.7 Å². The second-order valence-corrected chi connectivity index (χ2v) is 5.69. The summed E-state index contributed by atoms with van der Waals surface area (Å²) in [6, 6.07) is 14.2. The lowest BCUT2D eigenvalue weighted by Gasteiger charge is -2.14. The van der Waals surface area contributed by atoms with Gasteiger partial charge in [-0.25, -0.2) is 0 Å². The number of anilines is 1. The van der Waals surface area contributed by atoms with Crippen LogP contribution >= 0.6 is 24.0 Å². The Morgan fingerprint density at radius 1 is 1.08 bits per heavy atom. The standard InChI is InChI=1S/C19H23N3O2.HI/c1-14-6-3-4-7-15(14)13-21-19(20-2)22-16-8-9-17-18(12-16)24-11-5-10-23-17;/h3-4,6-9,12H,5,10-11,13H2,1-2H3,(H2,20,21,22);1H. The summed E-state index contributed by atoms with van der Waals surface area (Å²) in [7, 11) is 1.76. The third kappa shape index (κ3) is 5.26. The number of nitrogens with zero attached hydrogens (tertiary/aromatic N) is 1. The zero-order chi connectivity index (χ0) is 16.8. The van der Waals surface area contributed by atoms with Gasteiger partial charge in [0, 0.05) is 31.8 Å². The highest BCUT2D eigenvalue weighted by Gasteiger charge is 2.11.